The number of rotatable bonds is 6. The third-order valence-corrected chi connectivity index (χ3v) is 3.79. The van der Waals surface area contributed by atoms with Gasteiger partial charge in [-0.05, 0) is 42.9 Å². The van der Waals surface area contributed by atoms with Crippen LogP contribution in [0.4, 0.5) is 0 Å². The topological polar surface area (TPSA) is 21.3 Å². The lowest BCUT2D eigenvalue weighted by Gasteiger charge is -2.19. The lowest BCUT2D eigenvalue weighted by molar-refractivity contribution is 0.398. The number of para-hydroxylation sites is 1. The van der Waals surface area contributed by atoms with Gasteiger partial charge in [-0.3, -0.25) is 0 Å². The fraction of sp³-hybridized carbons (Fsp3) is 0.600. The molecule has 1 N–H and O–H groups in total. The molecule has 1 saturated carbocycles. The minimum atomic E-state index is 0.603. The highest BCUT2D eigenvalue weighted by atomic mass is 16.5. The highest BCUT2D eigenvalue weighted by molar-refractivity contribution is 5.34. The maximum Gasteiger partial charge on any atom is 0.122 e. The van der Waals surface area contributed by atoms with Gasteiger partial charge in [0.05, 0.1) is 7.11 Å². The molecule has 2 nitrogen and oxygen atoms in total. The molecule has 0 amide bonds. The molecular weight excluding hydrogens is 210 g/mol. The van der Waals surface area contributed by atoms with Crippen molar-refractivity contribution < 1.29 is 4.74 Å². The van der Waals surface area contributed by atoms with E-state index in [1.807, 2.05) is 6.07 Å². The van der Waals surface area contributed by atoms with Crippen molar-refractivity contribution in [1.29, 1.82) is 0 Å². The molecule has 0 radical (unpaired) electrons. The lowest BCUT2D eigenvalue weighted by Crippen LogP contribution is -2.33. The summed E-state index contributed by atoms with van der Waals surface area (Å²) in [6, 6.07) is 8.96. The predicted octanol–water partition coefficient (Wildman–Crippen LogP) is 2.87. The van der Waals surface area contributed by atoms with Gasteiger partial charge >= 0.3 is 0 Å². The van der Waals surface area contributed by atoms with Crippen molar-refractivity contribution in [2.75, 3.05) is 13.7 Å². The Morgan fingerprint density at radius 2 is 2.12 bits per heavy atom. The third kappa shape index (κ3) is 3.01. The average Bonchev–Trinajstić information content (AvgIpc) is 3.06. The van der Waals surface area contributed by atoms with Crippen LogP contribution in [0.15, 0.2) is 24.3 Å². The molecule has 1 aromatic carbocycles. The van der Waals surface area contributed by atoms with Crippen molar-refractivity contribution in [3.05, 3.63) is 29.8 Å². The molecule has 1 fully saturated rings. The summed E-state index contributed by atoms with van der Waals surface area (Å²) in [6.45, 7) is 5.57. The molecule has 2 rings (SSSR count). The number of likely N-dealkylation sites (N-methyl/N-ethyl adjacent to an activating group) is 1. The van der Waals surface area contributed by atoms with E-state index in [0.29, 0.717) is 6.04 Å². The summed E-state index contributed by atoms with van der Waals surface area (Å²) < 4.78 is 5.42. The first-order chi connectivity index (χ1) is 8.26. The Labute approximate surface area is 104 Å². The zero-order chi connectivity index (χ0) is 12.3. The molecule has 0 heterocycles. The quantitative estimate of drug-likeness (QED) is 0.815. The second-order valence-corrected chi connectivity index (χ2v) is 5.06. The van der Waals surface area contributed by atoms with Crippen molar-refractivity contribution >= 4 is 0 Å². The summed E-state index contributed by atoms with van der Waals surface area (Å²) >= 11 is 0. The lowest BCUT2D eigenvalue weighted by atomic mass is 10.00. The summed E-state index contributed by atoms with van der Waals surface area (Å²) in [5.41, 5.74) is 1.32. The molecule has 3 atom stereocenters. The predicted molar refractivity (Wildman–Crippen MR) is 71.4 cm³/mol. The zero-order valence-corrected chi connectivity index (χ0v) is 11.1. The monoisotopic (exact) mass is 233 g/mol. The van der Waals surface area contributed by atoms with Gasteiger partial charge in [0.1, 0.15) is 5.75 Å². The fourth-order valence-corrected chi connectivity index (χ4v) is 2.66. The van der Waals surface area contributed by atoms with Crippen molar-refractivity contribution in [3.63, 3.8) is 0 Å². The van der Waals surface area contributed by atoms with Crippen molar-refractivity contribution in [3.8, 4) is 5.75 Å². The molecule has 3 unspecified atom stereocenters. The molecule has 1 aliphatic carbocycles. The molecule has 2 heteroatoms. The number of hydrogen-bond acceptors (Lipinski definition) is 2. The summed E-state index contributed by atoms with van der Waals surface area (Å²) in [5, 5.41) is 3.62. The van der Waals surface area contributed by atoms with Crippen LogP contribution in [0.25, 0.3) is 0 Å². The SMILES string of the molecule is CCNC(Cc1ccccc1OC)C1CC1C. The summed E-state index contributed by atoms with van der Waals surface area (Å²) in [7, 11) is 1.75. The molecule has 0 spiro atoms. The molecule has 0 aromatic heterocycles. The zero-order valence-electron chi connectivity index (χ0n) is 11.1. The normalized spacial score (nSPS) is 24.4. The summed E-state index contributed by atoms with van der Waals surface area (Å²) in [4.78, 5) is 0. The minimum Gasteiger partial charge on any atom is -0.496 e. The second-order valence-electron chi connectivity index (χ2n) is 5.06. The Bertz CT molecular complexity index is 364. The van der Waals surface area contributed by atoms with E-state index in [1.165, 1.54) is 12.0 Å². The highest BCUT2D eigenvalue weighted by Gasteiger charge is 2.39. The van der Waals surface area contributed by atoms with Crippen LogP contribution in [0, 0.1) is 11.8 Å². The van der Waals surface area contributed by atoms with Crippen molar-refractivity contribution in [2.45, 2.75) is 32.7 Å². The van der Waals surface area contributed by atoms with Gasteiger partial charge in [0.2, 0.25) is 0 Å². The number of ether oxygens (including phenoxy) is 1. The van der Waals surface area contributed by atoms with Crippen LogP contribution in [0.2, 0.25) is 0 Å². The Kier molecular flexibility index (Phi) is 4.06. The van der Waals surface area contributed by atoms with E-state index >= 15 is 0 Å². The second kappa shape index (κ2) is 5.54. The Balaban J connectivity index is 2.06. The Morgan fingerprint density at radius 1 is 1.41 bits per heavy atom. The number of nitrogens with one attached hydrogen (secondary N) is 1. The molecule has 0 bridgehead atoms. The molecule has 94 valence electrons. The van der Waals surface area contributed by atoms with Crippen LogP contribution >= 0.6 is 0 Å². The van der Waals surface area contributed by atoms with E-state index < -0.39 is 0 Å². The summed E-state index contributed by atoms with van der Waals surface area (Å²) in [5.74, 6) is 2.75. The van der Waals surface area contributed by atoms with E-state index in [1.54, 1.807) is 7.11 Å². The van der Waals surface area contributed by atoms with Crippen molar-refractivity contribution in [2.24, 2.45) is 11.8 Å². The van der Waals surface area contributed by atoms with Gasteiger partial charge in [0.25, 0.3) is 0 Å². The highest BCUT2D eigenvalue weighted by Crippen LogP contribution is 2.42. The first-order valence-electron chi connectivity index (χ1n) is 6.61. The maximum atomic E-state index is 5.42. The first kappa shape index (κ1) is 12.4. The van der Waals surface area contributed by atoms with Gasteiger partial charge in [-0.15, -0.1) is 0 Å². The number of methoxy groups -OCH3 is 1. The number of benzene rings is 1. The molecule has 0 aliphatic heterocycles. The first-order valence-corrected chi connectivity index (χ1v) is 6.61. The molecular formula is C15H23NO. The van der Waals surface area contributed by atoms with E-state index in [2.05, 4.69) is 37.4 Å². The van der Waals surface area contributed by atoms with Crippen LogP contribution in [0.1, 0.15) is 25.8 Å². The minimum absolute atomic E-state index is 0.603. The molecule has 1 aliphatic rings. The van der Waals surface area contributed by atoms with Gasteiger partial charge in [-0.1, -0.05) is 32.0 Å². The van der Waals surface area contributed by atoms with Gasteiger partial charge in [-0.2, -0.15) is 0 Å². The summed E-state index contributed by atoms with van der Waals surface area (Å²) in [6.07, 6.45) is 2.44. The van der Waals surface area contributed by atoms with Crippen LogP contribution in [-0.2, 0) is 6.42 Å². The van der Waals surface area contributed by atoms with Crippen LogP contribution in [0.3, 0.4) is 0 Å². The van der Waals surface area contributed by atoms with Crippen LogP contribution in [0.5, 0.6) is 5.75 Å². The standard InChI is InChI=1S/C15H23NO/c1-4-16-14(13-9-11(13)2)10-12-7-5-6-8-15(12)17-3/h5-8,11,13-14,16H,4,9-10H2,1-3H3. The van der Waals surface area contributed by atoms with Gasteiger partial charge < -0.3 is 10.1 Å². The van der Waals surface area contributed by atoms with Gasteiger partial charge in [-0.25, -0.2) is 0 Å². The molecule has 0 saturated heterocycles. The largest absolute Gasteiger partial charge is 0.496 e. The molecule has 1 aromatic rings. The van der Waals surface area contributed by atoms with Gasteiger partial charge in [0.15, 0.2) is 0 Å². The Morgan fingerprint density at radius 3 is 2.71 bits per heavy atom. The Hall–Kier alpha value is -1.02. The number of hydrogen-bond donors (Lipinski definition) is 1. The van der Waals surface area contributed by atoms with E-state index in [9.17, 15) is 0 Å². The third-order valence-electron chi connectivity index (χ3n) is 3.79. The van der Waals surface area contributed by atoms with Crippen molar-refractivity contribution in [1.82, 2.24) is 5.32 Å². The van der Waals surface area contributed by atoms with Gasteiger partial charge in [0, 0.05) is 6.04 Å². The van der Waals surface area contributed by atoms with E-state index in [0.717, 1.165) is 30.6 Å². The van der Waals surface area contributed by atoms with Crippen LogP contribution in [-0.4, -0.2) is 19.7 Å². The van der Waals surface area contributed by atoms with Crippen LogP contribution < -0.4 is 10.1 Å². The van der Waals surface area contributed by atoms with E-state index in [4.69, 9.17) is 4.74 Å². The smallest absolute Gasteiger partial charge is 0.122 e. The average molecular weight is 233 g/mol. The maximum absolute atomic E-state index is 5.42. The molecule has 17 heavy (non-hydrogen) atoms. The van der Waals surface area contributed by atoms with E-state index in [-0.39, 0.29) is 0 Å². The fourth-order valence-electron chi connectivity index (χ4n) is 2.66.